The minimum atomic E-state index is -3.04. The summed E-state index contributed by atoms with van der Waals surface area (Å²) in [6.07, 6.45) is 0.462. The van der Waals surface area contributed by atoms with E-state index in [9.17, 15) is 13.2 Å². The number of hydrogen-bond acceptors (Lipinski definition) is 6. The molecule has 1 atom stereocenters. The normalized spacial score (nSPS) is 20.4. The van der Waals surface area contributed by atoms with E-state index in [1.807, 2.05) is 0 Å². The number of nitrogens with one attached hydrogen (secondary N) is 1. The van der Waals surface area contributed by atoms with Crippen LogP contribution in [0.5, 0.6) is 0 Å². The Kier molecular flexibility index (Phi) is 7.94. The van der Waals surface area contributed by atoms with E-state index in [-0.39, 0.29) is 30.3 Å². The van der Waals surface area contributed by atoms with Crippen LogP contribution < -0.4 is 5.32 Å². The van der Waals surface area contributed by atoms with Gasteiger partial charge in [0.15, 0.2) is 9.84 Å². The highest BCUT2D eigenvalue weighted by atomic mass is 32.2. The molecule has 0 spiro atoms. The van der Waals surface area contributed by atoms with Gasteiger partial charge in [-0.2, -0.15) is 0 Å². The molecule has 0 bridgehead atoms. The van der Waals surface area contributed by atoms with Crippen LogP contribution in [0.1, 0.15) is 6.42 Å². The first-order chi connectivity index (χ1) is 10.00. The Morgan fingerprint density at radius 1 is 1.24 bits per heavy atom. The minimum Gasteiger partial charge on any atom is -0.383 e. The predicted octanol–water partition coefficient (Wildman–Crippen LogP) is -0.548. The Hall–Kier alpha value is -0.900. The summed E-state index contributed by atoms with van der Waals surface area (Å²) in [5, 5.41) is 2.61. The number of carbonyl (C=O) groups is 1. The van der Waals surface area contributed by atoms with Crippen LogP contribution in [0, 0.1) is 0 Å². The molecule has 1 N–H and O–H groups in total. The van der Waals surface area contributed by atoms with Gasteiger partial charge in [0.25, 0.3) is 0 Å². The third kappa shape index (κ3) is 6.60. The summed E-state index contributed by atoms with van der Waals surface area (Å²) in [5.41, 5.74) is 0. The van der Waals surface area contributed by atoms with Crippen molar-refractivity contribution in [1.82, 2.24) is 10.2 Å². The zero-order valence-electron chi connectivity index (χ0n) is 12.5. The molecule has 8 nitrogen and oxygen atoms in total. The summed E-state index contributed by atoms with van der Waals surface area (Å²) in [5.74, 6) is 0.132. The maximum Gasteiger partial charge on any atom is 0.319 e. The summed E-state index contributed by atoms with van der Waals surface area (Å²) in [6, 6.07) is -0.643. The van der Waals surface area contributed by atoms with Crippen molar-refractivity contribution < 1.29 is 27.4 Å². The Bertz CT molecular complexity index is 414. The molecule has 1 heterocycles. The molecule has 0 radical (unpaired) electrons. The molecule has 0 aromatic rings. The van der Waals surface area contributed by atoms with Crippen LogP contribution in [-0.4, -0.2) is 84.2 Å². The van der Waals surface area contributed by atoms with Crippen LogP contribution in [0.2, 0.25) is 0 Å². The second-order valence-corrected chi connectivity index (χ2v) is 7.00. The molecule has 1 aliphatic heterocycles. The summed E-state index contributed by atoms with van der Waals surface area (Å²) >= 11 is 0. The van der Waals surface area contributed by atoms with Crippen LogP contribution in [0.4, 0.5) is 4.79 Å². The van der Waals surface area contributed by atoms with Gasteiger partial charge in [0.1, 0.15) is 6.73 Å². The Labute approximate surface area is 125 Å². The molecule has 9 heteroatoms. The monoisotopic (exact) mass is 324 g/mol. The zero-order chi connectivity index (χ0) is 15.7. The molecule has 0 aliphatic carbocycles. The fraction of sp³-hybridized carbons (Fsp3) is 0.917. The van der Waals surface area contributed by atoms with Crippen molar-refractivity contribution in [2.75, 3.05) is 58.8 Å². The van der Waals surface area contributed by atoms with Gasteiger partial charge in [0.2, 0.25) is 0 Å². The highest BCUT2D eigenvalue weighted by Crippen LogP contribution is 2.17. The van der Waals surface area contributed by atoms with E-state index in [2.05, 4.69) is 5.32 Å². The zero-order valence-corrected chi connectivity index (χ0v) is 13.4. The number of nitrogens with zero attached hydrogens (tertiary/aromatic N) is 1. The van der Waals surface area contributed by atoms with E-state index in [1.54, 1.807) is 7.11 Å². The summed E-state index contributed by atoms with van der Waals surface area (Å²) in [4.78, 5) is 13.6. The van der Waals surface area contributed by atoms with E-state index in [1.165, 1.54) is 12.0 Å². The van der Waals surface area contributed by atoms with Gasteiger partial charge in [-0.15, -0.1) is 0 Å². The van der Waals surface area contributed by atoms with E-state index >= 15 is 0 Å². The number of ether oxygens (including phenoxy) is 3. The van der Waals surface area contributed by atoms with Gasteiger partial charge in [-0.05, 0) is 6.42 Å². The van der Waals surface area contributed by atoms with Crippen molar-refractivity contribution >= 4 is 15.9 Å². The lowest BCUT2D eigenvalue weighted by atomic mass is 10.2. The van der Waals surface area contributed by atoms with Crippen LogP contribution in [0.3, 0.4) is 0 Å². The fourth-order valence-electron chi connectivity index (χ4n) is 2.09. The molecule has 21 heavy (non-hydrogen) atoms. The van der Waals surface area contributed by atoms with Crippen molar-refractivity contribution in [3.8, 4) is 0 Å². The molecule has 1 fully saturated rings. The van der Waals surface area contributed by atoms with Crippen molar-refractivity contribution in [3.05, 3.63) is 0 Å². The highest BCUT2D eigenvalue weighted by molar-refractivity contribution is 7.91. The van der Waals surface area contributed by atoms with Crippen molar-refractivity contribution in [3.63, 3.8) is 0 Å². The van der Waals surface area contributed by atoms with Gasteiger partial charge in [-0.1, -0.05) is 0 Å². The average Bonchev–Trinajstić information content (AvgIpc) is 2.79. The van der Waals surface area contributed by atoms with Gasteiger partial charge >= 0.3 is 6.03 Å². The van der Waals surface area contributed by atoms with E-state index in [0.29, 0.717) is 32.8 Å². The van der Waals surface area contributed by atoms with Gasteiger partial charge < -0.3 is 24.4 Å². The molecule has 0 aromatic carbocycles. The summed E-state index contributed by atoms with van der Waals surface area (Å²) in [6.45, 7) is 1.59. The second kappa shape index (κ2) is 9.19. The maximum absolute atomic E-state index is 12.1. The molecule has 124 valence electrons. The SMILES string of the molecule is COCCOCNC(=O)N(CCOC)C1CCS(=O)(=O)C1. The molecular weight excluding hydrogens is 300 g/mol. The van der Waals surface area contributed by atoms with E-state index in [0.717, 1.165) is 0 Å². The first kappa shape index (κ1) is 18.1. The van der Waals surface area contributed by atoms with Crippen LogP contribution in [-0.2, 0) is 24.0 Å². The number of hydrogen-bond donors (Lipinski definition) is 1. The molecule has 0 saturated carbocycles. The fourth-order valence-corrected chi connectivity index (χ4v) is 3.82. The topological polar surface area (TPSA) is 94.2 Å². The Balaban J connectivity index is 2.46. The summed E-state index contributed by atoms with van der Waals surface area (Å²) in [7, 11) is 0.0597. The van der Waals surface area contributed by atoms with Gasteiger partial charge in [0.05, 0.1) is 31.3 Å². The average molecular weight is 324 g/mol. The van der Waals surface area contributed by atoms with Gasteiger partial charge in [0, 0.05) is 26.8 Å². The van der Waals surface area contributed by atoms with Crippen molar-refractivity contribution in [1.29, 1.82) is 0 Å². The number of carbonyl (C=O) groups excluding carboxylic acids is 1. The van der Waals surface area contributed by atoms with Crippen LogP contribution in [0.15, 0.2) is 0 Å². The number of rotatable bonds is 9. The predicted molar refractivity (Wildman–Crippen MR) is 76.9 cm³/mol. The minimum absolute atomic E-state index is 0.00860. The van der Waals surface area contributed by atoms with E-state index in [4.69, 9.17) is 14.2 Å². The quantitative estimate of drug-likeness (QED) is 0.452. The molecule has 0 aromatic heterocycles. The van der Waals surface area contributed by atoms with Gasteiger partial charge in [-0.25, -0.2) is 13.2 Å². The summed E-state index contributed by atoms with van der Waals surface area (Å²) < 4.78 is 38.1. The first-order valence-electron chi connectivity index (χ1n) is 6.80. The number of urea groups is 1. The molecular formula is C12H24N2O6S. The lowest BCUT2D eigenvalue weighted by Gasteiger charge is -2.28. The Morgan fingerprint density at radius 2 is 1.95 bits per heavy atom. The number of amides is 2. The second-order valence-electron chi connectivity index (χ2n) is 4.77. The molecule has 1 unspecified atom stereocenters. The third-order valence-electron chi connectivity index (χ3n) is 3.20. The molecule has 1 saturated heterocycles. The lowest BCUT2D eigenvalue weighted by Crippen LogP contribution is -2.48. The third-order valence-corrected chi connectivity index (χ3v) is 4.95. The number of sulfone groups is 1. The Morgan fingerprint density at radius 3 is 2.52 bits per heavy atom. The van der Waals surface area contributed by atoms with Crippen molar-refractivity contribution in [2.24, 2.45) is 0 Å². The standard InChI is InChI=1S/C12H24N2O6S/c1-18-5-4-14(11-3-8-21(16,17)9-11)12(15)13-10-20-7-6-19-2/h11H,3-10H2,1-2H3,(H,13,15). The lowest BCUT2D eigenvalue weighted by molar-refractivity contribution is 0.0593. The molecule has 1 aliphatic rings. The van der Waals surface area contributed by atoms with Crippen LogP contribution >= 0.6 is 0 Å². The largest absolute Gasteiger partial charge is 0.383 e. The molecule has 1 rings (SSSR count). The van der Waals surface area contributed by atoms with E-state index < -0.39 is 9.84 Å². The maximum atomic E-state index is 12.1. The highest BCUT2D eigenvalue weighted by Gasteiger charge is 2.34. The van der Waals surface area contributed by atoms with Crippen LogP contribution in [0.25, 0.3) is 0 Å². The first-order valence-corrected chi connectivity index (χ1v) is 8.63. The van der Waals surface area contributed by atoms with Gasteiger partial charge in [-0.3, -0.25) is 0 Å². The number of methoxy groups -OCH3 is 2. The molecule has 2 amide bonds. The van der Waals surface area contributed by atoms with Crippen molar-refractivity contribution in [2.45, 2.75) is 12.5 Å². The smallest absolute Gasteiger partial charge is 0.319 e.